The van der Waals surface area contributed by atoms with Crippen molar-refractivity contribution in [3.8, 4) is 0 Å². The van der Waals surface area contributed by atoms with Gasteiger partial charge in [-0.05, 0) is 35.6 Å². The second-order valence-corrected chi connectivity index (χ2v) is 7.57. The maximum atomic E-state index is 12.9. The number of amides is 1. The van der Waals surface area contributed by atoms with Gasteiger partial charge in [0, 0.05) is 23.6 Å². The number of carbonyl (C=O) groups excluding carboxylic acids is 2. The SMILES string of the molecule is O=C(Nc1nc2c(C(=O)CCc3ccccc3)cccc2[nH]1)c1cc2ccccc2cn1. The molecule has 6 nitrogen and oxygen atoms in total. The van der Waals surface area contributed by atoms with Crippen LogP contribution in [0.1, 0.15) is 32.8 Å². The number of carbonyl (C=O) groups is 2. The highest BCUT2D eigenvalue weighted by atomic mass is 16.2. The molecule has 2 heterocycles. The largest absolute Gasteiger partial charge is 0.324 e. The number of aryl methyl sites for hydroxylation is 1. The number of nitrogens with one attached hydrogen (secondary N) is 2. The molecule has 0 unspecified atom stereocenters. The number of Topliss-reactive ketones (excluding diaryl/α,β-unsaturated/α-hetero) is 1. The standard InChI is InChI=1S/C26H20N4O2/c31-23(14-13-17-7-2-1-3-8-17)20-11-6-12-21-24(20)29-26(28-21)30-25(32)22-15-18-9-4-5-10-19(18)16-27-22/h1-12,15-16H,13-14H2,(H2,28,29,30,32). The summed E-state index contributed by atoms with van der Waals surface area (Å²) < 4.78 is 0. The first kappa shape index (κ1) is 19.6. The van der Waals surface area contributed by atoms with Crippen LogP contribution in [-0.4, -0.2) is 26.6 Å². The molecule has 0 fully saturated rings. The van der Waals surface area contributed by atoms with Crippen molar-refractivity contribution in [1.82, 2.24) is 15.0 Å². The van der Waals surface area contributed by atoms with E-state index in [4.69, 9.17) is 0 Å². The van der Waals surface area contributed by atoms with E-state index in [0.717, 1.165) is 16.3 Å². The number of aromatic nitrogens is 3. The Balaban J connectivity index is 1.36. The fourth-order valence-electron chi connectivity index (χ4n) is 3.73. The highest BCUT2D eigenvalue weighted by Crippen LogP contribution is 2.21. The van der Waals surface area contributed by atoms with Crippen LogP contribution in [0.5, 0.6) is 0 Å². The first-order valence-electron chi connectivity index (χ1n) is 10.4. The molecular formula is C26H20N4O2. The Morgan fingerprint density at radius 2 is 1.66 bits per heavy atom. The molecule has 156 valence electrons. The zero-order chi connectivity index (χ0) is 21.9. The van der Waals surface area contributed by atoms with E-state index in [1.807, 2.05) is 66.7 Å². The van der Waals surface area contributed by atoms with Gasteiger partial charge in [0.15, 0.2) is 5.78 Å². The molecule has 0 saturated carbocycles. The molecule has 0 aliphatic heterocycles. The molecule has 32 heavy (non-hydrogen) atoms. The number of anilines is 1. The van der Waals surface area contributed by atoms with Crippen LogP contribution in [0, 0.1) is 0 Å². The molecule has 5 rings (SSSR count). The van der Waals surface area contributed by atoms with E-state index in [-0.39, 0.29) is 17.6 Å². The molecule has 0 aliphatic carbocycles. The van der Waals surface area contributed by atoms with Gasteiger partial charge in [-0.1, -0.05) is 60.7 Å². The molecule has 0 saturated heterocycles. The molecule has 3 aromatic carbocycles. The van der Waals surface area contributed by atoms with Gasteiger partial charge in [-0.25, -0.2) is 4.98 Å². The summed E-state index contributed by atoms with van der Waals surface area (Å²) in [6.45, 7) is 0. The molecule has 0 atom stereocenters. The molecular weight excluding hydrogens is 400 g/mol. The number of nitrogens with zero attached hydrogens (tertiary/aromatic N) is 2. The normalized spacial score (nSPS) is 11.0. The predicted octanol–water partition coefficient (Wildman–Crippen LogP) is 5.18. The van der Waals surface area contributed by atoms with E-state index in [1.165, 1.54) is 0 Å². The van der Waals surface area contributed by atoms with E-state index in [1.54, 1.807) is 18.3 Å². The van der Waals surface area contributed by atoms with Crippen molar-refractivity contribution in [3.63, 3.8) is 0 Å². The second-order valence-electron chi connectivity index (χ2n) is 7.57. The maximum Gasteiger partial charge on any atom is 0.276 e. The Hall–Kier alpha value is -4.32. The van der Waals surface area contributed by atoms with Crippen LogP contribution >= 0.6 is 0 Å². The smallest absolute Gasteiger partial charge is 0.276 e. The van der Waals surface area contributed by atoms with Gasteiger partial charge in [0.05, 0.1) is 5.52 Å². The first-order chi connectivity index (χ1) is 15.7. The fraction of sp³-hybridized carbons (Fsp3) is 0.0769. The maximum absolute atomic E-state index is 12.9. The molecule has 2 aromatic heterocycles. The number of pyridine rings is 1. The number of H-pyrrole nitrogens is 1. The third-order valence-corrected chi connectivity index (χ3v) is 5.39. The highest BCUT2D eigenvalue weighted by Gasteiger charge is 2.16. The molecule has 0 spiro atoms. The van der Waals surface area contributed by atoms with E-state index in [0.29, 0.717) is 35.1 Å². The quantitative estimate of drug-likeness (QED) is 0.371. The van der Waals surface area contributed by atoms with E-state index in [9.17, 15) is 9.59 Å². The number of benzene rings is 3. The van der Waals surface area contributed by atoms with Crippen LogP contribution in [0.25, 0.3) is 21.8 Å². The van der Waals surface area contributed by atoms with Crippen LogP contribution in [-0.2, 0) is 6.42 Å². The minimum absolute atomic E-state index is 0.0139. The number of rotatable bonds is 6. The minimum Gasteiger partial charge on any atom is -0.324 e. The number of hydrogen-bond donors (Lipinski definition) is 2. The molecule has 0 bridgehead atoms. The lowest BCUT2D eigenvalue weighted by molar-refractivity contribution is 0.0982. The van der Waals surface area contributed by atoms with Gasteiger partial charge in [-0.15, -0.1) is 0 Å². The summed E-state index contributed by atoms with van der Waals surface area (Å²) in [7, 11) is 0. The van der Waals surface area contributed by atoms with Gasteiger partial charge >= 0.3 is 0 Å². The number of ketones is 1. The Kier molecular flexibility index (Phi) is 5.17. The van der Waals surface area contributed by atoms with Gasteiger partial charge in [0.1, 0.15) is 11.2 Å². The number of hydrogen-bond acceptors (Lipinski definition) is 4. The highest BCUT2D eigenvalue weighted by molar-refractivity contribution is 6.08. The average molecular weight is 420 g/mol. The lowest BCUT2D eigenvalue weighted by Crippen LogP contribution is -2.14. The Morgan fingerprint density at radius 1 is 0.875 bits per heavy atom. The van der Waals surface area contributed by atoms with Crippen LogP contribution in [0.2, 0.25) is 0 Å². The lowest BCUT2D eigenvalue weighted by atomic mass is 10.0. The van der Waals surface area contributed by atoms with E-state index >= 15 is 0 Å². The zero-order valence-corrected chi connectivity index (χ0v) is 17.2. The van der Waals surface area contributed by atoms with E-state index in [2.05, 4.69) is 20.3 Å². The van der Waals surface area contributed by atoms with Crippen LogP contribution < -0.4 is 5.32 Å². The zero-order valence-electron chi connectivity index (χ0n) is 17.2. The van der Waals surface area contributed by atoms with Crippen molar-refractivity contribution in [2.24, 2.45) is 0 Å². The monoisotopic (exact) mass is 420 g/mol. The van der Waals surface area contributed by atoms with Crippen LogP contribution in [0.15, 0.2) is 85.1 Å². The number of para-hydroxylation sites is 1. The van der Waals surface area contributed by atoms with Crippen molar-refractivity contribution < 1.29 is 9.59 Å². The molecule has 1 amide bonds. The molecule has 0 radical (unpaired) electrons. The second kappa shape index (κ2) is 8.43. The lowest BCUT2D eigenvalue weighted by Gasteiger charge is -2.03. The van der Waals surface area contributed by atoms with Gasteiger partial charge < -0.3 is 4.98 Å². The Labute approximate surface area is 184 Å². The van der Waals surface area contributed by atoms with Crippen LogP contribution in [0.3, 0.4) is 0 Å². The predicted molar refractivity (Wildman–Crippen MR) is 125 cm³/mol. The summed E-state index contributed by atoms with van der Waals surface area (Å²) in [5.74, 6) is -0.0740. The molecule has 6 heteroatoms. The summed E-state index contributed by atoms with van der Waals surface area (Å²) >= 11 is 0. The van der Waals surface area contributed by atoms with E-state index < -0.39 is 0 Å². The third kappa shape index (κ3) is 3.98. The van der Waals surface area contributed by atoms with Gasteiger partial charge in [-0.2, -0.15) is 0 Å². The fourth-order valence-corrected chi connectivity index (χ4v) is 3.73. The topological polar surface area (TPSA) is 87.7 Å². The summed E-state index contributed by atoms with van der Waals surface area (Å²) in [4.78, 5) is 37.4. The summed E-state index contributed by atoms with van der Waals surface area (Å²) in [6.07, 6.45) is 2.72. The van der Waals surface area contributed by atoms with Crippen molar-refractivity contribution in [3.05, 3.63) is 102 Å². The number of fused-ring (bicyclic) bond motifs is 2. The summed E-state index contributed by atoms with van der Waals surface area (Å²) in [6, 6.07) is 24.8. The van der Waals surface area contributed by atoms with Gasteiger partial charge in [0.25, 0.3) is 5.91 Å². The number of imidazole rings is 1. The third-order valence-electron chi connectivity index (χ3n) is 5.39. The molecule has 2 N–H and O–H groups in total. The Bertz CT molecular complexity index is 1440. The molecule has 0 aliphatic rings. The Morgan fingerprint density at radius 3 is 2.50 bits per heavy atom. The van der Waals surface area contributed by atoms with Crippen molar-refractivity contribution in [1.29, 1.82) is 0 Å². The summed E-state index contributed by atoms with van der Waals surface area (Å²) in [5, 5.41) is 4.66. The van der Waals surface area contributed by atoms with Crippen molar-refractivity contribution in [2.45, 2.75) is 12.8 Å². The van der Waals surface area contributed by atoms with Crippen molar-refractivity contribution in [2.75, 3.05) is 5.32 Å². The average Bonchev–Trinajstić information content (AvgIpc) is 3.25. The van der Waals surface area contributed by atoms with Crippen molar-refractivity contribution >= 4 is 39.4 Å². The van der Waals surface area contributed by atoms with Crippen LogP contribution in [0.4, 0.5) is 5.95 Å². The minimum atomic E-state index is -0.369. The molecule has 5 aromatic rings. The van der Waals surface area contributed by atoms with Gasteiger partial charge in [-0.3, -0.25) is 19.9 Å². The number of aromatic amines is 1. The summed E-state index contributed by atoms with van der Waals surface area (Å²) in [5.41, 5.74) is 3.19. The first-order valence-corrected chi connectivity index (χ1v) is 10.4. The van der Waals surface area contributed by atoms with Gasteiger partial charge in [0.2, 0.25) is 5.95 Å².